The van der Waals surface area contributed by atoms with Crippen molar-refractivity contribution in [2.75, 3.05) is 53.4 Å². The molecule has 0 aliphatic rings. The van der Waals surface area contributed by atoms with Gasteiger partial charge >= 0.3 is 0 Å². The first-order valence-electron chi connectivity index (χ1n) is 8.55. The van der Waals surface area contributed by atoms with Gasteiger partial charge in [-0.3, -0.25) is 0 Å². The molecular weight excluding hydrogens is 246 g/mol. The van der Waals surface area contributed by atoms with E-state index in [0.717, 1.165) is 19.6 Å². The molecule has 1 unspecified atom stereocenters. The van der Waals surface area contributed by atoms with Crippen LogP contribution in [-0.4, -0.2) is 63.2 Å². The van der Waals surface area contributed by atoms with E-state index in [1.807, 2.05) is 0 Å². The quantitative estimate of drug-likeness (QED) is 0.525. The van der Waals surface area contributed by atoms with E-state index in [4.69, 9.17) is 0 Å². The summed E-state index contributed by atoms with van der Waals surface area (Å²) < 4.78 is 0. The Hall–Kier alpha value is -0.120. The van der Waals surface area contributed by atoms with E-state index in [-0.39, 0.29) is 0 Å². The van der Waals surface area contributed by atoms with Crippen molar-refractivity contribution in [2.24, 2.45) is 5.41 Å². The molecule has 1 atom stereocenters. The number of hydrogen-bond acceptors (Lipinski definition) is 3. The van der Waals surface area contributed by atoms with Crippen molar-refractivity contribution < 1.29 is 0 Å². The van der Waals surface area contributed by atoms with E-state index in [9.17, 15) is 0 Å². The third-order valence-corrected chi connectivity index (χ3v) is 3.84. The minimum atomic E-state index is 0.408. The fourth-order valence-electron chi connectivity index (χ4n) is 2.86. The largest absolute Gasteiger partial charge is 0.316 e. The van der Waals surface area contributed by atoms with Gasteiger partial charge in [0, 0.05) is 26.2 Å². The lowest BCUT2D eigenvalue weighted by Gasteiger charge is -2.36. The van der Waals surface area contributed by atoms with Gasteiger partial charge in [0.15, 0.2) is 0 Å². The number of nitrogens with zero attached hydrogens (tertiary/aromatic N) is 2. The molecule has 122 valence electrons. The molecule has 0 aliphatic carbocycles. The zero-order chi connectivity index (χ0) is 15.4. The maximum absolute atomic E-state index is 3.64. The average molecular weight is 286 g/mol. The molecule has 0 spiro atoms. The van der Waals surface area contributed by atoms with Crippen molar-refractivity contribution in [2.45, 2.75) is 53.4 Å². The smallest absolute Gasteiger partial charge is 0.0109 e. The van der Waals surface area contributed by atoms with E-state index in [2.05, 4.69) is 56.9 Å². The van der Waals surface area contributed by atoms with E-state index in [1.165, 1.54) is 45.3 Å². The van der Waals surface area contributed by atoms with Crippen LogP contribution >= 0.6 is 0 Å². The Morgan fingerprint density at radius 3 is 2.10 bits per heavy atom. The van der Waals surface area contributed by atoms with Crippen LogP contribution in [0.25, 0.3) is 0 Å². The first-order chi connectivity index (χ1) is 9.47. The summed E-state index contributed by atoms with van der Waals surface area (Å²) in [6.45, 7) is 16.4. The molecule has 20 heavy (non-hydrogen) atoms. The van der Waals surface area contributed by atoms with Crippen LogP contribution in [0.2, 0.25) is 0 Å². The van der Waals surface area contributed by atoms with Gasteiger partial charge in [-0.05, 0) is 51.9 Å². The van der Waals surface area contributed by atoms with Crippen molar-refractivity contribution >= 4 is 0 Å². The molecule has 0 aliphatic heterocycles. The summed E-state index contributed by atoms with van der Waals surface area (Å²) in [6, 6.07) is 0. The van der Waals surface area contributed by atoms with Crippen LogP contribution in [-0.2, 0) is 0 Å². The van der Waals surface area contributed by atoms with Gasteiger partial charge in [-0.25, -0.2) is 0 Å². The molecule has 0 bridgehead atoms. The van der Waals surface area contributed by atoms with Crippen LogP contribution in [0.4, 0.5) is 0 Å². The lowest BCUT2D eigenvalue weighted by Crippen LogP contribution is -2.44. The predicted octanol–water partition coefficient (Wildman–Crippen LogP) is 3.07. The zero-order valence-electron chi connectivity index (χ0n) is 15.0. The van der Waals surface area contributed by atoms with Crippen molar-refractivity contribution in [3.8, 4) is 0 Å². The third-order valence-electron chi connectivity index (χ3n) is 3.84. The summed E-state index contributed by atoms with van der Waals surface area (Å²) in [5.41, 5.74) is 0.408. The maximum Gasteiger partial charge on any atom is 0.0109 e. The van der Waals surface area contributed by atoms with Crippen molar-refractivity contribution in [3.05, 3.63) is 0 Å². The molecule has 0 radical (unpaired) electrons. The average Bonchev–Trinajstić information content (AvgIpc) is 2.37. The highest BCUT2D eigenvalue weighted by molar-refractivity contribution is 4.81. The molecule has 0 amide bonds. The van der Waals surface area contributed by atoms with Crippen molar-refractivity contribution in [1.29, 1.82) is 0 Å². The van der Waals surface area contributed by atoms with Gasteiger partial charge in [0.25, 0.3) is 0 Å². The fourth-order valence-corrected chi connectivity index (χ4v) is 2.86. The monoisotopic (exact) mass is 285 g/mol. The number of nitrogens with one attached hydrogen (secondary N) is 1. The highest BCUT2D eigenvalue weighted by Gasteiger charge is 2.25. The Kier molecular flexibility index (Phi) is 11.5. The van der Waals surface area contributed by atoms with Crippen molar-refractivity contribution in [3.63, 3.8) is 0 Å². The van der Waals surface area contributed by atoms with Crippen LogP contribution in [0.5, 0.6) is 0 Å². The molecular formula is C17H39N3. The number of hydrogen-bond donors (Lipinski definition) is 1. The van der Waals surface area contributed by atoms with Gasteiger partial charge in [0.1, 0.15) is 0 Å². The van der Waals surface area contributed by atoms with Crippen LogP contribution in [0.1, 0.15) is 53.4 Å². The predicted molar refractivity (Wildman–Crippen MR) is 91.5 cm³/mol. The summed E-state index contributed by atoms with van der Waals surface area (Å²) in [6.07, 6.45) is 5.06. The molecule has 0 fully saturated rings. The Labute approximate surface area is 128 Å². The standard InChI is InChI=1S/C17H39N3/c1-7-10-17(4,15-18-11-8-2)16-20(12-9-3)14-13-19(5)6/h18H,7-16H2,1-6H3. The molecule has 0 heterocycles. The van der Waals surface area contributed by atoms with E-state index in [0.29, 0.717) is 5.41 Å². The Bertz CT molecular complexity index is 218. The van der Waals surface area contributed by atoms with Gasteiger partial charge in [-0.2, -0.15) is 0 Å². The summed E-state index contributed by atoms with van der Waals surface area (Å²) in [4.78, 5) is 4.94. The second-order valence-electron chi connectivity index (χ2n) is 6.82. The lowest BCUT2D eigenvalue weighted by molar-refractivity contribution is 0.140. The van der Waals surface area contributed by atoms with Gasteiger partial charge in [0.2, 0.25) is 0 Å². The third kappa shape index (κ3) is 9.73. The van der Waals surface area contributed by atoms with Crippen LogP contribution in [0.15, 0.2) is 0 Å². The molecule has 0 rings (SSSR count). The maximum atomic E-state index is 3.64. The summed E-state index contributed by atoms with van der Waals surface area (Å²) in [7, 11) is 4.33. The van der Waals surface area contributed by atoms with E-state index < -0.39 is 0 Å². The molecule has 0 aromatic heterocycles. The highest BCUT2D eigenvalue weighted by Crippen LogP contribution is 2.24. The Morgan fingerprint density at radius 2 is 1.60 bits per heavy atom. The minimum absolute atomic E-state index is 0.408. The Balaban J connectivity index is 4.44. The second kappa shape index (κ2) is 11.5. The number of rotatable bonds is 13. The summed E-state index contributed by atoms with van der Waals surface area (Å²) in [5, 5.41) is 3.64. The molecule has 0 aromatic carbocycles. The lowest BCUT2D eigenvalue weighted by atomic mass is 9.84. The normalized spacial score (nSPS) is 15.0. The summed E-state index contributed by atoms with van der Waals surface area (Å²) >= 11 is 0. The van der Waals surface area contributed by atoms with Gasteiger partial charge < -0.3 is 15.1 Å². The SMILES string of the molecule is CCCNCC(C)(CCC)CN(CCC)CCN(C)C. The first kappa shape index (κ1) is 19.9. The van der Waals surface area contributed by atoms with E-state index >= 15 is 0 Å². The summed E-state index contributed by atoms with van der Waals surface area (Å²) in [5.74, 6) is 0. The van der Waals surface area contributed by atoms with Crippen LogP contribution < -0.4 is 5.32 Å². The van der Waals surface area contributed by atoms with Crippen molar-refractivity contribution in [1.82, 2.24) is 15.1 Å². The van der Waals surface area contributed by atoms with Crippen LogP contribution in [0.3, 0.4) is 0 Å². The molecule has 0 saturated heterocycles. The molecule has 1 N–H and O–H groups in total. The van der Waals surface area contributed by atoms with Crippen LogP contribution in [0, 0.1) is 5.41 Å². The second-order valence-corrected chi connectivity index (χ2v) is 6.82. The van der Waals surface area contributed by atoms with E-state index in [1.54, 1.807) is 0 Å². The first-order valence-corrected chi connectivity index (χ1v) is 8.55. The fraction of sp³-hybridized carbons (Fsp3) is 1.00. The minimum Gasteiger partial charge on any atom is -0.316 e. The number of likely N-dealkylation sites (N-methyl/N-ethyl adjacent to an activating group) is 1. The molecule has 3 nitrogen and oxygen atoms in total. The topological polar surface area (TPSA) is 18.5 Å². The zero-order valence-corrected chi connectivity index (χ0v) is 15.0. The molecule has 0 saturated carbocycles. The molecule has 3 heteroatoms. The van der Waals surface area contributed by atoms with Gasteiger partial charge in [-0.1, -0.05) is 34.1 Å². The highest BCUT2D eigenvalue weighted by atomic mass is 15.2. The van der Waals surface area contributed by atoms with Gasteiger partial charge in [0.05, 0.1) is 0 Å². The molecule has 0 aromatic rings. The van der Waals surface area contributed by atoms with Gasteiger partial charge in [-0.15, -0.1) is 0 Å². The Morgan fingerprint density at radius 1 is 0.900 bits per heavy atom.